The summed E-state index contributed by atoms with van der Waals surface area (Å²) in [4.78, 5) is 5.50. The molecule has 2 N–H and O–H groups in total. The molecule has 92 valence electrons. The quantitative estimate of drug-likeness (QED) is 0.858. The predicted molar refractivity (Wildman–Crippen MR) is 66.9 cm³/mol. The lowest BCUT2D eigenvalue weighted by Crippen LogP contribution is -2.24. The SMILES string of the molecule is Cc1cnc(C(C)NCC(O)c2ccco2)s1. The van der Waals surface area contributed by atoms with Crippen molar-refractivity contribution in [1.29, 1.82) is 0 Å². The van der Waals surface area contributed by atoms with Gasteiger partial charge in [-0.05, 0) is 26.0 Å². The maximum Gasteiger partial charge on any atom is 0.133 e. The fraction of sp³-hybridized carbons (Fsp3) is 0.417. The molecule has 0 radical (unpaired) electrons. The van der Waals surface area contributed by atoms with Gasteiger partial charge in [0, 0.05) is 17.6 Å². The predicted octanol–water partition coefficient (Wildman–Crippen LogP) is 2.43. The largest absolute Gasteiger partial charge is 0.467 e. The van der Waals surface area contributed by atoms with Gasteiger partial charge in [-0.1, -0.05) is 0 Å². The van der Waals surface area contributed by atoms with Crippen molar-refractivity contribution in [2.75, 3.05) is 6.54 Å². The normalized spacial score (nSPS) is 14.8. The lowest BCUT2D eigenvalue weighted by molar-refractivity contribution is 0.144. The van der Waals surface area contributed by atoms with Crippen molar-refractivity contribution in [3.8, 4) is 0 Å². The number of thiazole rings is 1. The molecule has 2 aromatic rings. The molecule has 4 nitrogen and oxygen atoms in total. The molecule has 2 aromatic heterocycles. The van der Waals surface area contributed by atoms with E-state index in [-0.39, 0.29) is 6.04 Å². The average Bonchev–Trinajstić information content (AvgIpc) is 2.95. The molecule has 2 atom stereocenters. The van der Waals surface area contributed by atoms with E-state index >= 15 is 0 Å². The van der Waals surface area contributed by atoms with Crippen molar-refractivity contribution in [1.82, 2.24) is 10.3 Å². The minimum atomic E-state index is -0.617. The van der Waals surface area contributed by atoms with Crippen molar-refractivity contribution in [3.05, 3.63) is 40.2 Å². The molecule has 5 heteroatoms. The number of hydrogen-bond donors (Lipinski definition) is 2. The zero-order valence-corrected chi connectivity index (χ0v) is 10.7. The first-order valence-corrected chi connectivity index (χ1v) is 6.35. The van der Waals surface area contributed by atoms with Crippen LogP contribution in [0.2, 0.25) is 0 Å². The van der Waals surface area contributed by atoms with E-state index in [9.17, 15) is 5.11 Å². The van der Waals surface area contributed by atoms with Crippen LogP contribution in [-0.2, 0) is 0 Å². The maximum atomic E-state index is 9.84. The second-order valence-electron chi connectivity index (χ2n) is 3.97. The summed E-state index contributed by atoms with van der Waals surface area (Å²) in [7, 11) is 0. The molecule has 0 aliphatic carbocycles. The van der Waals surface area contributed by atoms with Crippen LogP contribution < -0.4 is 5.32 Å². The van der Waals surface area contributed by atoms with Gasteiger partial charge in [0.25, 0.3) is 0 Å². The van der Waals surface area contributed by atoms with Gasteiger partial charge in [-0.15, -0.1) is 11.3 Å². The van der Waals surface area contributed by atoms with Crippen molar-refractivity contribution in [2.45, 2.75) is 26.0 Å². The number of furan rings is 1. The standard InChI is InChI=1S/C12H16N2O2S/c1-8-6-14-12(17-8)9(2)13-7-10(15)11-4-3-5-16-11/h3-6,9-10,13,15H,7H2,1-2H3. The molecule has 2 unspecified atom stereocenters. The molecule has 0 aliphatic rings. The van der Waals surface area contributed by atoms with E-state index in [0.29, 0.717) is 12.3 Å². The van der Waals surface area contributed by atoms with Crippen LogP contribution in [0.5, 0.6) is 0 Å². The molecule has 0 fully saturated rings. The van der Waals surface area contributed by atoms with Crippen LogP contribution in [0.15, 0.2) is 29.0 Å². The molecular formula is C12H16N2O2S. The number of aryl methyl sites for hydroxylation is 1. The highest BCUT2D eigenvalue weighted by Gasteiger charge is 2.14. The van der Waals surface area contributed by atoms with Gasteiger partial charge in [0.2, 0.25) is 0 Å². The number of aromatic nitrogens is 1. The van der Waals surface area contributed by atoms with Crippen molar-refractivity contribution < 1.29 is 9.52 Å². The van der Waals surface area contributed by atoms with Gasteiger partial charge in [0.05, 0.1) is 12.3 Å². The number of rotatable bonds is 5. The van der Waals surface area contributed by atoms with Gasteiger partial charge in [0.15, 0.2) is 0 Å². The smallest absolute Gasteiger partial charge is 0.133 e. The van der Waals surface area contributed by atoms with E-state index in [0.717, 1.165) is 5.01 Å². The topological polar surface area (TPSA) is 58.3 Å². The molecule has 0 bridgehead atoms. The first-order chi connectivity index (χ1) is 8.16. The van der Waals surface area contributed by atoms with Gasteiger partial charge >= 0.3 is 0 Å². The Balaban J connectivity index is 1.86. The molecule has 2 rings (SSSR count). The van der Waals surface area contributed by atoms with E-state index in [1.54, 1.807) is 29.7 Å². The summed E-state index contributed by atoms with van der Waals surface area (Å²) < 4.78 is 5.13. The first-order valence-electron chi connectivity index (χ1n) is 5.54. The maximum absolute atomic E-state index is 9.84. The first kappa shape index (κ1) is 12.3. The molecule has 0 saturated heterocycles. The monoisotopic (exact) mass is 252 g/mol. The Bertz CT molecular complexity index is 453. The van der Waals surface area contributed by atoms with Crippen LogP contribution in [0.4, 0.5) is 0 Å². The van der Waals surface area contributed by atoms with Crippen LogP contribution in [-0.4, -0.2) is 16.6 Å². The number of nitrogens with one attached hydrogen (secondary N) is 1. The minimum absolute atomic E-state index is 0.137. The molecule has 0 spiro atoms. The summed E-state index contributed by atoms with van der Waals surface area (Å²) in [5, 5.41) is 14.1. The van der Waals surface area contributed by atoms with Crippen LogP contribution in [0.25, 0.3) is 0 Å². The Morgan fingerprint density at radius 3 is 3.00 bits per heavy atom. The number of aliphatic hydroxyl groups is 1. The second kappa shape index (κ2) is 5.44. The summed E-state index contributed by atoms with van der Waals surface area (Å²) >= 11 is 1.67. The zero-order valence-electron chi connectivity index (χ0n) is 9.88. The molecular weight excluding hydrogens is 236 g/mol. The highest BCUT2D eigenvalue weighted by molar-refractivity contribution is 7.11. The van der Waals surface area contributed by atoms with E-state index in [1.807, 2.05) is 20.0 Å². The number of hydrogen-bond acceptors (Lipinski definition) is 5. The third-order valence-electron chi connectivity index (χ3n) is 2.50. The van der Waals surface area contributed by atoms with Crippen LogP contribution in [0.3, 0.4) is 0 Å². The zero-order chi connectivity index (χ0) is 12.3. The third kappa shape index (κ3) is 3.15. The molecule has 0 saturated carbocycles. The van der Waals surface area contributed by atoms with E-state index in [2.05, 4.69) is 10.3 Å². The Hall–Kier alpha value is -1.17. The Kier molecular flexibility index (Phi) is 3.93. The van der Waals surface area contributed by atoms with Crippen molar-refractivity contribution in [3.63, 3.8) is 0 Å². The average molecular weight is 252 g/mol. The molecule has 0 amide bonds. The summed E-state index contributed by atoms with van der Waals surface area (Å²) in [6.45, 7) is 4.52. The summed E-state index contributed by atoms with van der Waals surface area (Å²) in [6.07, 6.45) is 2.81. The van der Waals surface area contributed by atoms with E-state index < -0.39 is 6.10 Å². The van der Waals surface area contributed by atoms with E-state index in [1.165, 1.54) is 4.88 Å². The molecule has 0 aliphatic heterocycles. The van der Waals surface area contributed by atoms with Crippen LogP contribution >= 0.6 is 11.3 Å². The lowest BCUT2D eigenvalue weighted by atomic mass is 10.2. The number of nitrogens with zero attached hydrogens (tertiary/aromatic N) is 1. The summed E-state index contributed by atoms with van der Waals surface area (Å²) in [5.74, 6) is 0.583. The summed E-state index contributed by atoms with van der Waals surface area (Å²) in [6, 6.07) is 3.68. The van der Waals surface area contributed by atoms with Crippen molar-refractivity contribution in [2.24, 2.45) is 0 Å². The van der Waals surface area contributed by atoms with Crippen LogP contribution in [0, 0.1) is 6.92 Å². The van der Waals surface area contributed by atoms with Gasteiger partial charge in [-0.25, -0.2) is 4.98 Å². The fourth-order valence-electron chi connectivity index (χ4n) is 1.53. The van der Waals surface area contributed by atoms with Gasteiger partial charge in [0.1, 0.15) is 16.9 Å². The highest BCUT2D eigenvalue weighted by Crippen LogP contribution is 2.20. The Morgan fingerprint density at radius 2 is 2.41 bits per heavy atom. The molecule has 2 heterocycles. The van der Waals surface area contributed by atoms with Gasteiger partial charge in [-0.3, -0.25) is 0 Å². The highest BCUT2D eigenvalue weighted by atomic mass is 32.1. The van der Waals surface area contributed by atoms with E-state index in [4.69, 9.17) is 4.42 Å². The Labute approximate surface area is 104 Å². The number of aliphatic hydroxyl groups excluding tert-OH is 1. The van der Waals surface area contributed by atoms with Gasteiger partial charge < -0.3 is 14.8 Å². The summed E-state index contributed by atoms with van der Waals surface area (Å²) in [5.41, 5.74) is 0. The molecule has 0 aromatic carbocycles. The van der Waals surface area contributed by atoms with Crippen LogP contribution in [0.1, 0.15) is 34.7 Å². The minimum Gasteiger partial charge on any atom is -0.467 e. The fourth-order valence-corrected chi connectivity index (χ4v) is 2.33. The lowest BCUT2D eigenvalue weighted by Gasteiger charge is -2.13. The second-order valence-corrected chi connectivity index (χ2v) is 5.24. The molecule has 17 heavy (non-hydrogen) atoms. The Morgan fingerprint density at radius 1 is 1.59 bits per heavy atom. The van der Waals surface area contributed by atoms with Gasteiger partial charge in [-0.2, -0.15) is 0 Å². The van der Waals surface area contributed by atoms with Crippen molar-refractivity contribution >= 4 is 11.3 Å². The third-order valence-corrected chi connectivity index (χ3v) is 3.59.